The molecule has 5 nitrogen and oxygen atoms in total. The number of carbonyl (C=O) groups is 1. The van der Waals surface area contributed by atoms with Gasteiger partial charge in [0.15, 0.2) is 11.5 Å². The molecule has 1 atom stereocenters. The van der Waals surface area contributed by atoms with E-state index in [4.69, 9.17) is 9.63 Å². The predicted octanol–water partition coefficient (Wildman–Crippen LogP) is 1.31. The van der Waals surface area contributed by atoms with E-state index in [0.717, 1.165) is 5.75 Å². The maximum Gasteiger partial charge on any atom is 0.358 e. The van der Waals surface area contributed by atoms with Crippen molar-refractivity contribution in [2.24, 2.45) is 0 Å². The van der Waals surface area contributed by atoms with Crippen LogP contribution in [0.15, 0.2) is 10.6 Å². The van der Waals surface area contributed by atoms with Crippen molar-refractivity contribution in [3.8, 4) is 0 Å². The zero-order chi connectivity index (χ0) is 11.5. The SMILES string of the molecule is CN(Cc1cc(C(=O)O)no1)C1CCSC1. The summed E-state index contributed by atoms with van der Waals surface area (Å²) in [5.74, 6) is 1.90. The molecule has 1 saturated heterocycles. The van der Waals surface area contributed by atoms with Crippen LogP contribution in [0.4, 0.5) is 0 Å². The second kappa shape index (κ2) is 4.88. The number of rotatable bonds is 4. The van der Waals surface area contributed by atoms with Gasteiger partial charge in [-0.3, -0.25) is 4.90 Å². The van der Waals surface area contributed by atoms with Crippen LogP contribution < -0.4 is 0 Å². The Morgan fingerprint density at radius 3 is 3.19 bits per heavy atom. The molecule has 0 aliphatic carbocycles. The van der Waals surface area contributed by atoms with Crippen LogP contribution in [0, 0.1) is 0 Å². The molecule has 1 aromatic heterocycles. The molecule has 1 aliphatic rings. The summed E-state index contributed by atoms with van der Waals surface area (Å²) in [4.78, 5) is 12.8. The van der Waals surface area contributed by atoms with Crippen molar-refractivity contribution in [1.82, 2.24) is 10.1 Å². The van der Waals surface area contributed by atoms with E-state index in [-0.39, 0.29) is 5.69 Å². The first-order chi connectivity index (χ1) is 7.66. The van der Waals surface area contributed by atoms with Gasteiger partial charge in [-0.25, -0.2) is 4.79 Å². The van der Waals surface area contributed by atoms with Crippen LogP contribution in [-0.4, -0.2) is 45.7 Å². The Morgan fingerprint density at radius 1 is 1.81 bits per heavy atom. The second-order valence-electron chi connectivity index (χ2n) is 3.92. The molecular weight excluding hydrogens is 228 g/mol. The molecule has 0 amide bonds. The average Bonchev–Trinajstić information content (AvgIpc) is 2.87. The van der Waals surface area contributed by atoms with E-state index in [1.165, 1.54) is 18.2 Å². The number of aromatic carboxylic acids is 1. The third-order valence-electron chi connectivity index (χ3n) is 2.71. The highest BCUT2D eigenvalue weighted by Crippen LogP contribution is 2.22. The minimum absolute atomic E-state index is 0.0239. The van der Waals surface area contributed by atoms with Gasteiger partial charge in [0.2, 0.25) is 0 Å². The van der Waals surface area contributed by atoms with E-state index in [2.05, 4.69) is 10.1 Å². The Hall–Kier alpha value is -1.01. The molecule has 2 heterocycles. The van der Waals surface area contributed by atoms with Gasteiger partial charge >= 0.3 is 5.97 Å². The topological polar surface area (TPSA) is 66.6 Å². The van der Waals surface area contributed by atoms with Crippen molar-refractivity contribution in [2.45, 2.75) is 19.0 Å². The molecule has 16 heavy (non-hydrogen) atoms. The lowest BCUT2D eigenvalue weighted by Gasteiger charge is -2.21. The molecule has 1 unspecified atom stereocenters. The lowest BCUT2D eigenvalue weighted by atomic mass is 10.2. The summed E-state index contributed by atoms with van der Waals surface area (Å²) in [6.45, 7) is 0.617. The number of thioether (sulfide) groups is 1. The van der Waals surface area contributed by atoms with Crippen LogP contribution >= 0.6 is 11.8 Å². The van der Waals surface area contributed by atoms with Gasteiger partial charge < -0.3 is 9.63 Å². The highest BCUT2D eigenvalue weighted by molar-refractivity contribution is 7.99. The first kappa shape index (κ1) is 11.5. The van der Waals surface area contributed by atoms with Crippen LogP contribution in [0.25, 0.3) is 0 Å². The number of nitrogens with zero attached hydrogens (tertiary/aromatic N) is 2. The largest absolute Gasteiger partial charge is 0.476 e. The molecule has 0 aromatic carbocycles. The van der Waals surface area contributed by atoms with E-state index in [0.29, 0.717) is 18.3 Å². The molecule has 0 radical (unpaired) electrons. The van der Waals surface area contributed by atoms with Gasteiger partial charge in [0, 0.05) is 17.9 Å². The molecular formula is C10H14N2O3S. The van der Waals surface area contributed by atoms with Crippen LogP contribution in [-0.2, 0) is 6.54 Å². The van der Waals surface area contributed by atoms with Crippen molar-refractivity contribution < 1.29 is 14.4 Å². The maximum absolute atomic E-state index is 10.6. The first-order valence-electron chi connectivity index (χ1n) is 5.13. The van der Waals surface area contributed by atoms with Crippen molar-refractivity contribution in [2.75, 3.05) is 18.6 Å². The van der Waals surface area contributed by atoms with E-state index in [9.17, 15) is 4.79 Å². The van der Waals surface area contributed by atoms with Gasteiger partial charge in [0.25, 0.3) is 0 Å². The van der Waals surface area contributed by atoms with Gasteiger partial charge in [-0.05, 0) is 19.2 Å². The minimum atomic E-state index is -1.05. The monoisotopic (exact) mass is 242 g/mol. The zero-order valence-electron chi connectivity index (χ0n) is 9.05. The van der Waals surface area contributed by atoms with Crippen molar-refractivity contribution in [1.29, 1.82) is 0 Å². The van der Waals surface area contributed by atoms with Gasteiger partial charge in [0.05, 0.1) is 6.54 Å². The Labute approximate surface area is 97.8 Å². The van der Waals surface area contributed by atoms with E-state index >= 15 is 0 Å². The van der Waals surface area contributed by atoms with Crippen LogP contribution in [0.1, 0.15) is 22.7 Å². The molecule has 0 saturated carbocycles. The third-order valence-corrected chi connectivity index (χ3v) is 3.86. The fraction of sp³-hybridized carbons (Fsp3) is 0.600. The van der Waals surface area contributed by atoms with E-state index in [1.807, 2.05) is 18.8 Å². The molecule has 1 fully saturated rings. The summed E-state index contributed by atoms with van der Waals surface area (Å²) in [5, 5.41) is 12.2. The number of hydrogen-bond acceptors (Lipinski definition) is 5. The van der Waals surface area contributed by atoms with Crippen LogP contribution in [0.3, 0.4) is 0 Å². The third kappa shape index (κ3) is 2.56. The van der Waals surface area contributed by atoms with Gasteiger partial charge in [-0.15, -0.1) is 0 Å². The van der Waals surface area contributed by atoms with Crippen molar-refractivity contribution in [3.63, 3.8) is 0 Å². The predicted molar refractivity (Wildman–Crippen MR) is 60.7 cm³/mol. The van der Waals surface area contributed by atoms with E-state index < -0.39 is 5.97 Å². The molecule has 2 rings (SSSR count). The Balaban J connectivity index is 1.94. The lowest BCUT2D eigenvalue weighted by molar-refractivity contribution is 0.0685. The standard InChI is InChI=1S/C10H14N2O3S/c1-12(7-2-3-16-6-7)5-8-4-9(10(13)14)11-15-8/h4,7H,2-3,5-6H2,1H3,(H,13,14). The average molecular weight is 242 g/mol. The molecule has 1 aliphatic heterocycles. The molecule has 1 N–H and O–H groups in total. The van der Waals surface area contributed by atoms with Gasteiger partial charge in [-0.2, -0.15) is 11.8 Å². The molecule has 88 valence electrons. The lowest BCUT2D eigenvalue weighted by Crippen LogP contribution is -2.30. The summed E-state index contributed by atoms with van der Waals surface area (Å²) in [6, 6.07) is 2.05. The number of carboxylic acid groups (broad SMARTS) is 1. The Bertz CT molecular complexity index is 374. The first-order valence-corrected chi connectivity index (χ1v) is 6.29. The summed E-state index contributed by atoms with van der Waals surface area (Å²) in [7, 11) is 2.03. The Morgan fingerprint density at radius 2 is 2.62 bits per heavy atom. The van der Waals surface area contributed by atoms with Crippen molar-refractivity contribution in [3.05, 3.63) is 17.5 Å². The minimum Gasteiger partial charge on any atom is -0.476 e. The number of carboxylic acids is 1. The Kier molecular flexibility index (Phi) is 3.50. The fourth-order valence-corrected chi connectivity index (χ4v) is 3.03. The summed E-state index contributed by atoms with van der Waals surface area (Å²) in [6.07, 6.45) is 1.18. The highest BCUT2D eigenvalue weighted by Gasteiger charge is 2.21. The number of aromatic nitrogens is 1. The highest BCUT2D eigenvalue weighted by atomic mass is 32.2. The summed E-state index contributed by atoms with van der Waals surface area (Å²) >= 11 is 1.95. The smallest absolute Gasteiger partial charge is 0.358 e. The summed E-state index contributed by atoms with van der Waals surface area (Å²) in [5.41, 5.74) is -0.0239. The fourth-order valence-electron chi connectivity index (χ4n) is 1.73. The van der Waals surface area contributed by atoms with Gasteiger partial charge in [-0.1, -0.05) is 5.16 Å². The zero-order valence-corrected chi connectivity index (χ0v) is 9.87. The maximum atomic E-state index is 10.6. The quantitative estimate of drug-likeness (QED) is 0.858. The molecule has 0 bridgehead atoms. The van der Waals surface area contributed by atoms with Gasteiger partial charge in [0.1, 0.15) is 0 Å². The second-order valence-corrected chi connectivity index (χ2v) is 5.07. The van der Waals surface area contributed by atoms with Crippen molar-refractivity contribution >= 4 is 17.7 Å². The van der Waals surface area contributed by atoms with Crippen LogP contribution in [0.5, 0.6) is 0 Å². The summed E-state index contributed by atoms with van der Waals surface area (Å²) < 4.78 is 4.98. The van der Waals surface area contributed by atoms with Crippen LogP contribution in [0.2, 0.25) is 0 Å². The van der Waals surface area contributed by atoms with E-state index in [1.54, 1.807) is 0 Å². The molecule has 0 spiro atoms. The molecule has 1 aromatic rings. The number of hydrogen-bond donors (Lipinski definition) is 1. The molecule has 6 heteroatoms. The normalized spacial score (nSPS) is 20.5.